The molecule has 1 aliphatic rings. The van der Waals surface area contributed by atoms with Gasteiger partial charge in [-0.3, -0.25) is 4.79 Å². The Morgan fingerprint density at radius 1 is 1.05 bits per heavy atom. The molecule has 0 aromatic heterocycles. The second kappa shape index (κ2) is 5.95. The lowest BCUT2D eigenvalue weighted by Crippen LogP contribution is -2.29. The Hall–Kier alpha value is -1.49. The summed E-state index contributed by atoms with van der Waals surface area (Å²) in [6, 6.07) is 3.25. The minimum Gasteiger partial charge on any atom is -0.356 e. The lowest BCUT2D eigenvalue weighted by atomic mass is 9.94. The highest BCUT2D eigenvalue weighted by molar-refractivity contribution is 7.89. The maximum Gasteiger partial charge on any atom is 0.238 e. The van der Waals surface area contributed by atoms with Gasteiger partial charge in [0, 0.05) is 6.54 Å². The maximum absolute atomic E-state index is 12.1. The average Bonchev–Trinajstić information content (AvgIpc) is 2.60. The third-order valence-electron chi connectivity index (χ3n) is 3.53. The Balaban J connectivity index is 2.66. The molecule has 0 bridgehead atoms. The lowest BCUT2D eigenvalue weighted by Gasteiger charge is -2.17. The fraction of sp³-hybridized carbons (Fsp3) is 0.417. The van der Waals surface area contributed by atoms with E-state index in [1.807, 2.05) is 0 Å². The van der Waals surface area contributed by atoms with Crippen molar-refractivity contribution in [1.82, 2.24) is 5.32 Å². The van der Waals surface area contributed by atoms with Crippen LogP contribution in [0.15, 0.2) is 28.0 Å². The van der Waals surface area contributed by atoms with E-state index < -0.39 is 26.0 Å². The smallest absolute Gasteiger partial charge is 0.238 e. The van der Waals surface area contributed by atoms with Crippen LogP contribution in [-0.2, 0) is 24.8 Å². The monoisotopic (exact) mass is 347 g/mol. The van der Waals surface area contributed by atoms with Crippen molar-refractivity contribution in [3.63, 3.8) is 0 Å². The molecule has 1 unspecified atom stereocenters. The van der Waals surface area contributed by atoms with Crippen LogP contribution >= 0.6 is 0 Å². The largest absolute Gasteiger partial charge is 0.356 e. The summed E-state index contributed by atoms with van der Waals surface area (Å²) in [4.78, 5) is 11.6. The van der Waals surface area contributed by atoms with Crippen molar-refractivity contribution in [2.45, 2.75) is 35.0 Å². The van der Waals surface area contributed by atoms with Gasteiger partial charge in [0.2, 0.25) is 26.0 Å². The van der Waals surface area contributed by atoms with Gasteiger partial charge in [0.1, 0.15) is 0 Å². The standard InChI is InChI=1S/C12H17N3O5S2/c13-21(17,18)8-4-5-11(22(14,19)20)10(7-8)9-3-1-2-6-15-12(9)16/h4-5,7,9H,1-3,6H2,(H,15,16)(H2,13,17,18)(H2,14,19,20). The van der Waals surface area contributed by atoms with Crippen LogP contribution < -0.4 is 15.6 Å². The van der Waals surface area contributed by atoms with E-state index in [-0.39, 0.29) is 21.3 Å². The number of rotatable bonds is 3. The van der Waals surface area contributed by atoms with Gasteiger partial charge in [-0.2, -0.15) is 0 Å². The molecule has 1 atom stereocenters. The number of primary sulfonamides is 2. The number of nitrogens with two attached hydrogens (primary N) is 2. The summed E-state index contributed by atoms with van der Waals surface area (Å²) in [5.41, 5.74) is 0.0634. The number of carbonyl (C=O) groups excluding carboxylic acids is 1. The number of hydrogen-bond donors (Lipinski definition) is 3. The number of hydrogen-bond acceptors (Lipinski definition) is 5. The number of nitrogens with one attached hydrogen (secondary N) is 1. The Kier molecular flexibility index (Phi) is 4.57. The molecule has 0 spiro atoms. The predicted octanol–water partition coefficient (Wildman–Crippen LogP) is -0.635. The molecule has 8 nitrogen and oxygen atoms in total. The molecule has 1 heterocycles. The number of amides is 1. The van der Waals surface area contributed by atoms with E-state index in [4.69, 9.17) is 10.3 Å². The van der Waals surface area contributed by atoms with Crippen molar-refractivity contribution in [1.29, 1.82) is 0 Å². The summed E-state index contributed by atoms with van der Waals surface area (Å²) in [6.45, 7) is 0.495. The van der Waals surface area contributed by atoms with Crippen molar-refractivity contribution in [2.24, 2.45) is 10.3 Å². The first-order valence-corrected chi connectivity index (χ1v) is 9.67. The van der Waals surface area contributed by atoms with Gasteiger partial charge in [0.05, 0.1) is 15.7 Å². The van der Waals surface area contributed by atoms with E-state index in [1.165, 1.54) is 0 Å². The lowest BCUT2D eigenvalue weighted by molar-refractivity contribution is -0.122. The van der Waals surface area contributed by atoms with Gasteiger partial charge in [-0.1, -0.05) is 6.42 Å². The highest BCUT2D eigenvalue weighted by Gasteiger charge is 2.29. The minimum absolute atomic E-state index is 0.0634. The van der Waals surface area contributed by atoms with Crippen molar-refractivity contribution in [2.75, 3.05) is 6.54 Å². The van der Waals surface area contributed by atoms with Gasteiger partial charge in [-0.05, 0) is 36.6 Å². The van der Waals surface area contributed by atoms with Crippen LogP contribution in [0.3, 0.4) is 0 Å². The highest BCUT2D eigenvalue weighted by atomic mass is 32.2. The number of carbonyl (C=O) groups is 1. The Labute approximate surface area is 129 Å². The van der Waals surface area contributed by atoms with E-state index >= 15 is 0 Å². The van der Waals surface area contributed by atoms with Gasteiger partial charge in [-0.25, -0.2) is 27.1 Å². The zero-order valence-electron chi connectivity index (χ0n) is 11.7. The van der Waals surface area contributed by atoms with E-state index in [9.17, 15) is 21.6 Å². The molecule has 1 amide bonds. The molecule has 1 aromatic rings. The topological polar surface area (TPSA) is 149 Å². The molecule has 1 fully saturated rings. The van der Waals surface area contributed by atoms with Crippen LogP contribution in [0.25, 0.3) is 0 Å². The molecule has 0 aliphatic carbocycles. The molecular formula is C12H17N3O5S2. The van der Waals surface area contributed by atoms with Crippen molar-refractivity contribution < 1.29 is 21.6 Å². The Morgan fingerprint density at radius 3 is 2.32 bits per heavy atom. The highest BCUT2D eigenvalue weighted by Crippen LogP contribution is 2.31. The molecule has 0 saturated carbocycles. The van der Waals surface area contributed by atoms with E-state index in [0.717, 1.165) is 24.6 Å². The average molecular weight is 347 g/mol. The summed E-state index contributed by atoms with van der Waals surface area (Å²) < 4.78 is 46.4. The Bertz CT molecular complexity index is 802. The second-order valence-corrected chi connectivity index (χ2v) is 8.22. The van der Waals surface area contributed by atoms with E-state index in [1.54, 1.807) is 0 Å². The molecule has 5 N–H and O–H groups in total. The fourth-order valence-electron chi connectivity index (χ4n) is 2.47. The van der Waals surface area contributed by atoms with Crippen LogP contribution in [0, 0.1) is 0 Å². The van der Waals surface area contributed by atoms with Gasteiger partial charge in [0.25, 0.3) is 0 Å². The molecule has 1 saturated heterocycles. The van der Waals surface area contributed by atoms with Crippen LogP contribution in [0.5, 0.6) is 0 Å². The molecule has 1 aliphatic heterocycles. The predicted molar refractivity (Wildman–Crippen MR) is 78.8 cm³/mol. The summed E-state index contributed by atoms with van der Waals surface area (Å²) >= 11 is 0. The first-order valence-electron chi connectivity index (χ1n) is 6.58. The van der Waals surface area contributed by atoms with Gasteiger partial charge >= 0.3 is 0 Å². The number of benzene rings is 1. The third-order valence-corrected chi connectivity index (χ3v) is 5.42. The summed E-state index contributed by atoms with van der Waals surface area (Å²) in [5, 5.41) is 12.9. The van der Waals surface area contributed by atoms with Crippen molar-refractivity contribution in [3.8, 4) is 0 Å². The molecule has 122 valence electrons. The fourth-order valence-corrected chi connectivity index (χ4v) is 3.81. The van der Waals surface area contributed by atoms with E-state index in [2.05, 4.69) is 5.32 Å². The first-order chi connectivity index (χ1) is 10.1. The zero-order valence-corrected chi connectivity index (χ0v) is 13.3. The molecule has 1 aromatic carbocycles. The number of sulfonamides is 2. The first kappa shape index (κ1) is 16.9. The second-order valence-electron chi connectivity index (χ2n) is 5.13. The van der Waals surface area contributed by atoms with Crippen LogP contribution in [0.1, 0.15) is 30.7 Å². The summed E-state index contributed by atoms with van der Waals surface area (Å²) in [7, 11) is -8.12. The van der Waals surface area contributed by atoms with Crippen LogP contribution in [0.4, 0.5) is 0 Å². The van der Waals surface area contributed by atoms with Gasteiger partial charge < -0.3 is 5.32 Å². The molecule has 10 heteroatoms. The summed E-state index contributed by atoms with van der Waals surface area (Å²) in [6.07, 6.45) is 1.87. The minimum atomic E-state index is -4.10. The molecular weight excluding hydrogens is 330 g/mol. The van der Waals surface area contributed by atoms with E-state index in [0.29, 0.717) is 19.4 Å². The third kappa shape index (κ3) is 3.64. The zero-order chi connectivity index (χ0) is 16.5. The quantitative estimate of drug-likeness (QED) is 0.665. The maximum atomic E-state index is 12.1. The normalized spacial score (nSPS) is 20.3. The SMILES string of the molecule is NS(=O)(=O)c1ccc(S(N)(=O)=O)c(C2CCCCNC2=O)c1. The van der Waals surface area contributed by atoms with Crippen LogP contribution in [-0.4, -0.2) is 29.3 Å². The van der Waals surface area contributed by atoms with Crippen molar-refractivity contribution in [3.05, 3.63) is 23.8 Å². The Morgan fingerprint density at radius 2 is 1.73 bits per heavy atom. The molecule has 22 heavy (non-hydrogen) atoms. The molecule has 0 radical (unpaired) electrons. The molecule has 2 rings (SSSR count). The van der Waals surface area contributed by atoms with Gasteiger partial charge in [-0.15, -0.1) is 0 Å². The summed E-state index contributed by atoms with van der Waals surface area (Å²) in [5.74, 6) is -1.13. The van der Waals surface area contributed by atoms with Crippen LogP contribution in [0.2, 0.25) is 0 Å². The van der Waals surface area contributed by atoms with Gasteiger partial charge in [0.15, 0.2) is 0 Å². The van der Waals surface area contributed by atoms with Crippen molar-refractivity contribution >= 4 is 26.0 Å².